The van der Waals surface area contributed by atoms with Gasteiger partial charge in [0.15, 0.2) is 17.3 Å². The fourth-order valence-electron chi connectivity index (χ4n) is 3.18. The van der Waals surface area contributed by atoms with Crippen molar-refractivity contribution < 1.29 is 23.8 Å². The molecule has 1 aromatic rings. The Bertz CT molecular complexity index is 535. The maximum atomic E-state index is 13.9. The lowest BCUT2D eigenvalue weighted by atomic mass is 9.78. The molecule has 1 saturated carbocycles. The molecule has 0 bridgehead atoms. The third-order valence-electron chi connectivity index (χ3n) is 4.23. The first-order chi connectivity index (χ1) is 9.65. The number of fused-ring (bicyclic) bond motifs is 1. The summed E-state index contributed by atoms with van der Waals surface area (Å²) in [7, 11) is 0. The largest absolute Gasteiger partial charge is 0.489 e. The van der Waals surface area contributed by atoms with Gasteiger partial charge in [-0.3, -0.25) is 4.79 Å². The van der Waals surface area contributed by atoms with Crippen LogP contribution in [-0.4, -0.2) is 24.3 Å². The molecule has 0 unspecified atom stereocenters. The van der Waals surface area contributed by atoms with E-state index in [9.17, 15) is 14.3 Å². The average molecular weight is 280 g/mol. The van der Waals surface area contributed by atoms with Crippen LogP contribution in [0.2, 0.25) is 0 Å². The molecule has 0 spiro atoms. The minimum atomic E-state index is -0.967. The predicted octanol–water partition coefficient (Wildman–Crippen LogP) is 2.88. The summed E-state index contributed by atoms with van der Waals surface area (Å²) in [6.07, 6.45) is 3.50. The van der Waals surface area contributed by atoms with Crippen LogP contribution in [0, 0.1) is 5.82 Å². The predicted molar refractivity (Wildman–Crippen MR) is 69.8 cm³/mol. The van der Waals surface area contributed by atoms with E-state index in [2.05, 4.69) is 0 Å². The Balaban J connectivity index is 2.16. The van der Waals surface area contributed by atoms with Gasteiger partial charge in [0.05, 0.1) is 18.6 Å². The molecule has 108 valence electrons. The molecule has 1 fully saturated rings. The van der Waals surface area contributed by atoms with Crippen LogP contribution in [0.4, 0.5) is 4.39 Å². The summed E-state index contributed by atoms with van der Waals surface area (Å²) in [4.78, 5) is 11.8. The zero-order valence-corrected chi connectivity index (χ0v) is 11.2. The van der Waals surface area contributed by atoms with E-state index in [0.29, 0.717) is 38.0 Å². The first-order valence-corrected chi connectivity index (χ1v) is 6.97. The molecule has 20 heavy (non-hydrogen) atoms. The topological polar surface area (TPSA) is 55.8 Å². The highest BCUT2D eigenvalue weighted by Gasteiger charge is 2.46. The van der Waals surface area contributed by atoms with E-state index in [4.69, 9.17) is 9.47 Å². The van der Waals surface area contributed by atoms with Crippen LogP contribution in [0.15, 0.2) is 12.1 Å². The number of ether oxygens (including phenoxy) is 2. The number of halogens is 1. The third-order valence-corrected chi connectivity index (χ3v) is 4.23. The number of carboxylic acids is 1. The molecule has 1 heterocycles. The Morgan fingerprint density at radius 2 is 1.75 bits per heavy atom. The van der Waals surface area contributed by atoms with Crippen LogP contribution < -0.4 is 9.47 Å². The number of benzene rings is 1. The second kappa shape index (κ2) is 4.96. The average Bonchev–Trinajstić information content (AvgIpc) is 2.79. The monoisotopic (exact) mass is 280 g/mol. The van der Waals surface area contributed by atoms with Gasteiger partial charge in [0.25, 0.3) is 0 Å². The van der Waals surface area contributed by atoms with E-state index in [-0.39, 0.29) is 11.5 Å². The van der Waals surface area contributed by atoms with Gasteiger partial charge in [-0.05, 0) is 18.9 Å². The van der Waals surface area contributed by atoms with Gasteiger partial charge < -0.3 is 14.6 Å². The molecule has 1 aliphatic carbocycles. The molecule has 0 radical (unpaired) electrons. The van der Waals surface area contributed by atoms with Crippen molar-refractivity contribution in [3.63, 3.8) is 0 Å². The Morgan fingerprint density at radius 3 is 2.40 bits per heavy atom. The maximum absolute atomic E-state index is 13.9. The van der Waals surface area contributed by atoms with Gasteiger partial charge in [-0.2, -0.15) is 0 Å². The lowest BCUT2D eigenvalue weighted by molar-refractivity contribution is -0.143. The number of hydrogen-bond donors (Lipinski definition) is 1. The number of rotatable bonds is 2. The molecule has 0 saturated heterocycles. The Kier molecular flexibility index (Phi) is 3.28. The fourth-order valence-corrected chi connectivity index (χ4v) is 3.18. The highest BCUT2D eigenvalue weighted by Crippen LogP contribution is 2.49. The summed E-state index contributed by atoms with van der Waals surface area (Å²) < 4.78 is 24.9. The molecular formula is C15H17FO4. The third kappa shape index (κ3) is 1.92. The highest BCUT2D eigenvalue weighted by molar-refractivity contribution is 5.83. The molecule has 1 aliphatic heterocycles. The van der Waals surface area contributed by atoms with Gasteiger partial charge in [0.2, 0.25) is 0 Å². The highest BCUT2D eigenvalue weighted by atomic mass is 19.1. The van der Waals surface area contributed by atoms with Gasteiger partial charge in [0, 0.05) is 12.0 Å². The molecular weight excluding hydrogens is 263 g/mol. The fraction of sp³-hybridized carbons (Fsp3) is 0.533. The van der Waals surface area contributed by atoms with Crippen LogP contribution in [0.5, 0.6) is 11.5 Å². The van der Waals surface area contributed by atoms with Crippen LogP contribution >= 0.6 is 0 Å². The Morgan fingerprint density at radius 1 is 1.10 bits per heavy atom. The standard InChI is InChI=1S/C15H17FO4/c16-11-5-4-10(12-13(11)20-9-3-8-19-12)15(14(17)18)6-1-2-7-15/h4-5H,1-3,6-9H2,(H,17,18). The van der Waals surface area contributed by atoms with Crippen LogP contribution in [0.3, 0.4) is 0 Å². The van der Waals surface area contributed by atoms with Gasteiger partial charge in [0.1, 0.15) is 0 Å². The van der Waals surface area contributed by atoms with Gasteiger partial charge >= 0.3 is 5.97 Å². The minimum absolute atomic E-state index is 0.0625. The molecule has 1 N–H and O–H groups in total. The van der Waals surface area contributed by atoms with E-state index < -0.39 is 17.2 Å². The Labute approximate surface area is 116 Å². The quantitative estimate of drug-likeness (QED) is 0.905. The molecule has 1 aromatic carbocycles. The van der Waals surface area contributed by atoms with Crippen molar-refractivity contribution in [2.75, 3.05) is 13.2 Å². The summed E-state index contributed by atoms with van der Waals surface area (Å²) in [5.74, 6) is -1.01. The minimum Gasteiger partial charge on any atom is -0.489 e. The maximum Gasteiger partial charge on any atom is 0.314 e. The number of carbonyl (C=O) groups is 1. The summed E-state index contributed by atoms with van der Waals surface area (Å²) in [5, 5.41) is 9.67. The summed E-state index contributed by atoms with van der Waals surface area (Å²) in [6.45, 7) is 0.798. The van der Waals surface area contributed by atoms with E-state index in [0.717, 1.165) is 12.8 Å². The summed E-state index contributed by atoms with van der Waals surface area (Å²) in [5.41, 5.74) is -0.410. The second-order valence-electron chi connectivity index (χ2n) is 5.40. The Hall–Kier alpha value is -1.78. The molecule has 0 atom stereocenters. The second-order valence-corrected chi connectivity index (χ2v) is 5.40. The van der Waals surface area contributed by atoms with Crippen molar-refractivity contribution in [2.24, 2.45) is 0 Å². The number of hydrogen-bond acceptors (Lipinski definition) is 3. The smallest absolute Gasteiger partial charge is 0.314 e. The first kappa shape index (κ1) is 13.2. The van der Waals surface area contributed by atoms with Crippen LogP contribution in [-0.2, 0) is 10.2 Å². The lowest BCUT2D eigenvalue weighted by Gasteiger charge is -2.27. The first-order valence-electron chi connectivity index (χ1n) is 6.97. The van der Waals surface area contributed by atoms with Gasteiger partial charge in [-0.25, -0.2) is 4.39 Å². The van der Waals surface area contributed by atoms with Crippen LogP contribution in [0.25, 0.3) is 0 Å². The van der Waals surface area contributed by atoms with Crippen molar-refractivity contribution >= 4 is 5.97 Å². The van der Waals surface area contributed by atoms with Crippen molar-refractivity contribution in [3.8, 4) is 11.5 Å². The van der Waals surface area contributed by atoms with E-state index >= 15 is 0 Å². The summed E-state index contributed by atoms with van der Waals surface area (Å²) in [6, 6.07) is 2.83. The van der Waals surface area contributed by atoms with E-state index in [1.165, 1.54) is 6.07 Å². The van der Waals surface area contributed by atoms with Gasteiger partial charge in [-0.1, -0.05) is 18.9 Å². The van der Waals surface area contributed by atoms with Crippen molar-refractivity contribution in [1.29, 1.82) is 0 Å². The molecule has 5 heteroatoms. The van der Waals surface area contributed by atoms with Crippen molar-refractivity contribution in [3.05, 3.63) is 23.5 Å². The molecule has 4 nitrogen and oxygen atoms in total. The molecule has 0 amide bonds. The van der Waals surface area contributed by atoms with E-state index in [1.54, 1.807) is 6.07 Å². The SMILES string of the molecule is O=C(O)C1(c2ccc(F)c3c2OCCCO3)CCCC1. The summed E-state index contributed by atoms with van der Waals surface area (Å²) >= 11 is 0. The molecule has 2 aliphatic rings. The van der Waals surface area contributed by atoms with E-state index in [1.807, 2.05) is 0 Å². The zero-order valence-electron chi connectivity index (χ0n) is 11.2. The normalized spacial score (nSPS) is 20.4. The number of aliphatic carboxylic acids is 1. The zero-order chi connectivity index (χ0) is 14.2. The number of carboxylic acid groups (broad SMARTS) is 1. The van der Waals surface area contributed by atoms with Crippen LogP contribution in [0.1, 0.15) is 37.7 Å². The molecule has 0 aromatic heterocycles. The van der Waals surface area contributed by atoms with Crippen molar-refractivity contribution in [2.45, 2.75) is 37.5 Å². The van der Waals surface area contributed by atoms with Crippen molar-refractivity contribution in [1.82, 2.24) is 0 Å². The lowest BCUT2D eigenvalue weighted by Crippen LogP contribution is -2.33. The van der Waals surface area contributed by atoms with Gasteiger partial charge in [-0.15, -0.1) is 0 Å². The molecule has 3 rings (SSSR count).